The number of hydrogen-bond acceptors (Lipinski definition) is 5. The molecule has 0 spiro atoms. The molecule has 4 rings (SSSR count). The minimum Gasteiger partial charge on any atom is -0.495 e. The zero-order chi connectivity index (χ0) is 21.8. The molecule has 0 fully saturated rings. The van der Waals surface area contributed by atoms with E-state index < -0.39 is 11.8 Å². The van der Waals surface area contributed by atoms with Gasteiger partial charge < -0.3 is 24.2 Å². The predicted octanol–water partition coefficient (Wildman–Crippen LogP) is 5.71. The molecule has 2 aromatic heterocycles. The highest BCUT2D eigenvalue weighted by Gasteiger charge is 2.16. The largest absolute Gasteiger partial charge is 0.495 e. The van der Waals surface area contributed by atoms with E-state index in [1.165, 1.54) is 13.4 Å². The van der Waals surface area contributed by atoms with E-state index in [2.05, 4.69) is 10.6 Å². The highest BCUT2D eigenvalue weighted by atomic mass is 35.5. The fourth-order valence-electron chi connectivity index (χ4n) is 2.90. The van der Waals surface area contributed by atoms with Crippen molar-refractivity contribution in [3.8, 4) is 17.1 Å². The summed E-state index contributed by atoms with van der Waals surface area (Å²) < 4.78 is 16.1. The number of furan rings is 2. The Hall–Kier alpha value is -3.97. The van der Waals surface area contributed by atoms with Crippen LogP contribution in [-0.4, -0.2) is 18.9 Å². The van der Waals surface area contributed by atoms with Gasteiger partial charge in [-0.25, -0.2) is 0 Å². The number of anilines is 2. The highest BCUT2D eigenvalue weighted by molar-refractivity contribution is 6.30. The van der Waals surface area contributed by atoms with Gasteiger partial charge in [0.2, 0.25) is 0 Å². The molecule has 2 heterocycles. The topological polar surface area (TPSA) is 93.7 Å². The van der Waals surface area contributed by atoms with Gasteiger partial charge in [0.1, 0.15) is 11.5 Å². The molecule has 31 heavy (non-hydrogen) atoms. The first-order valence-corrected chi connectivity index (χ1v) is 9.61. The van der Waals surface area contributed by atoms with E-state index in [1.807, 2.05) is 0 Å². The average molecular weight is 437 g/mol. The fraction of sp³-hybridized carbons (Fsp3) is 0.0435. The molecule has 0 saturated heterocycles. The minimum atomic E-state index is -0.465. The summed E-state index contributed by atoms with van der Waals surface area (Å²) in [6.45, 7) is 0. The van der Waals surface area contributed by atoms with Crippen LogP contribution in [0.4, 0.5) is 11.4 Å². The van der Waals surface area contributed by atoms with Gasteiger partial charge in [-0.1, -0.05) is 11.6 Å². The van der Waals surface area contributed by atoms with Crippen molar-refractivity contribution in [2.24, 2.45) is 0 Å². The second kappa shape index (κ2) is 8.81. The van der Waals surface area contributed by atoms with Gasteiger partial charge in [0.15, 0.2) is 11.5 Å². The Morgan fingerprint density at radius 2 is 1.68 bits per heavy atom. The maximum Gasteiger partial charge on any atom is 0.291 e. The van der Waals surface area contributed by atoms with Gasteiger partial charge in [-0.3, -0.25) is 9.59 Å². The van der Waals surface area contributed by atoms with Crippen molar-refractivity contribution in [3.05, 3.63) is 89.5 Å². The molecule has 0 unspecified atom stereocenters. The maximum absolute atomic E-state index is 12.7. The lowest BCUT2D eigenvalue weighted by Crippen LogP contribution is -2.14. The molecule has 156 valence electrons. The molecule has 8 heteroatoms. The summed E-state index contributed by atoms with van der Waals surface area (Å²) in [5, 5.41) is 6.06. The quantitative estimate of drug-likeness (QED) is 0.404. The van der Waals surface area contributed by atoms with Crippen molar-refractivity contribution in [3.63, 3.8) is 0 Å². The number of benzene rings is 2. The average Bonchev–Trinajstić information content (AvgIpc) is 3.47. The van der Waals surface area contributed by atoms with Crippen LogP contribution in [0.5, 0.6) is 5.75 Å². The molecular weight excluding hydrogens is 420 g/mol. The minimum absolute atomic E-state index is 0.122. The molecule has 0 atom stereocenters. The van der Waals surface area contributed by atoms with E-state index >= 15 is 0 Å². The predicted molar refractivity (Wildman–Crippen MR) is 117 cm³/mol. The summed E-state index contributed by atoms with van der Waals surface area (Å²) in [7, 11) is 1.48. The Labute approximate surface area is 182 Å². The third-order valence-corrected chi connectivity index (χ3v) is 4.66. The van der Waals surface area contributed by atoms with Crippen molar-refractivity contribution < 1.29 is 23.2 Å². The number of hydrogen-bond donors (Lipinski definition) is 2. The van der Waals surface area contributed by atoms with Crippen molar-refractivity contribution in [2.75, 3.05) is 17.7 Å². The summed E-state index contributed by atoms with van der Waals surface area (Å²) in [5.41, 5.74) is 1.62. The lowest BCUT2D eigenvalue weighted by molar-refractivity contribution is 0.0990. The Balaban J connectivity index is 1.52. The van der Waals surface area contributed by atoms with E-state index in [-0.39, 0.29) is 11.5 Å². The summed E-state index contributed by atoms with van der Waals surface area (Å²) >= 11 is 5.91. The molecule has 0 aliphatic heterocycles. The zero-order valence-corrected chi connectivity index (χ0v) is 17.1. The standard InChI is InChI=1S/C23H17ClN2O5/c1-29-19-9-8-16(25-22(27)20-3-2-12-30-20)13-17(19)26-23(28)21-11-10-18(31-21)14-4-6-15(24)7-5-14/h2-13H,1H3,(H,25,27)(H,26,28). The monoisotopic (exact) mass is 436 g/mol. The van der Waals surface area contributed by atoms with Crippen LogP contribution in [0, 0.1) is 0 Å². The van der Waals surface area contributed by atoms with Gasteiger partial charge in [0.05, 0.1) is 19.1 Å². The molecule has 0 aliphatic carbocycles. The lowest BCUT2D eigenvalue weighted by Gasteiger charge is -2.12. The molecule has 0 aliphatic rings. The van der Waals surface area contributed by atoms with E-state index in [0.29, 0.717) is 27.9 Å². The number of methoxy groups -OCH3 is 1. The molecule has 2 amide bonds. The molecule has 0 radical (unpaired) electrons. The zero-order valence-electron chi connectivity index (χ0n) is 16.3. The maximum atomic E-state index is 12.7. The molecule has 0 saturated carbocycles. The van der Waals surface area contributed by atoms with E-state index in [4.69, 9.17) is 25.2 Å². The van der Waals surface area contributed by atoms with Gasteiger partial charge in [-0.05, 0) is 66.7 Å². The number of carbonyl (C=O) groups excluding carboxylic acids is 2. The Bertz CT molecular complexity index is 1210. The number of halogens is 1. The molecule has 7 nitrogen and oxygen atoms in total. The van der Waals surface area contributed by atoms with Crippen molar-refractivity contribution in [1.82, 2.24) is 0 Å². The third-order valence-electron chi connectivity index (χ3n) is 4.41. The van der Waals surface area contributed by atoms with E-state index in [0.717, 1.165) is 5.56 Å². The van der Waals surface area contributed by atoms with Gasteiger partial charge in [-0.15, -0.1) is 0 Å². The summed E-state index contributed by atoms with van der Waals surface area (Å²) in [4.78, 5) is 24.9. The van der Waals surface area contributed by atoms with Gasteiger partial charge in [-0.2, -0.15) is 0 Å². The molecule has 2 N–H and O–H groups in total. The Morgan fingerprint density at radius 3 is 2.39 bits per heavy atom. The molecule has 0 bridgehead atoms. The third kappa shape index (κ3) is 4.62. The first kappa shape index (κ1) is 20.3. The van der Waals surface area contributed by atoms with Crippen LogP contribution in [0.15, 0.2) is 81.8 Å². The lowest BCUT2D eigenvalue weighted by atomic mass is 10.2. The Morgan fingerprint density at radius 1 is 0.903 bits per heavy atom. The number of ether oxygens (including phenoxy) is 1. The summed E-state index contributed by atoms with van der Waals surface area (Å²) in [6, 6.07) is 18.4. The number of carbonyl (C=O) groups is 2. The van der Waals surface area contributed by atoms with Crippen LogP contribution >= 0.6 is 11.6 Å². The van der Waals surface area contributed by atoms with Crippen LogP contribution in [0.2, 0.25) is 5.02 Å². The molecular formula is C23H17ClN2O5. The van der Waals surface area contributed by atoms with E-state index in [1.54, 1.807) is 66.7 Å². The number of nitrogens with one attached hydrogen (secondary N) is 2. The van der Waals surface area contributed by atoms with Gasteiger partial charge in [0, 0.05) is 16.3 Å². The van der Waals surface area contributed by atoms with Crippen molar-refractivity contribution in [1.29, 1.82) is 0 Å². The molecule has 2 aromatic carbocycles. The van der Waals surface area contributed by atoms with Gasteiger partial charge in [0.25, 0.3) is 11.8 Å². The first-order valence-electron chi connectivity index (χ1n) is 9.23. The SMILES string of the molecule is COc1ccc(NC(=O)c2ccco2)cc1NC(=O)c1ccc(-c2ccc(Cl)cc2)o1. The second-order valence-corrected chi connectivity index (χ2v) is 6.91. The van der Waals surface area contributed by atoms with Crippen LogP contribution in [-0.2, 0) is 0 Å². The first-order chi connectivity index (χ1) is 15.0. The van der Waals surface area contributed by atoms with Crippen molar-refractivity contribution in [2.45, 2.75) is 0 Å². The van der Waals surface area contributed by atoms with Crippen molar-refractivity contribution >= 4 is 34.8 Å². The summed E-state index contributed by atoms with van der Waals surface area (Å²) in [6.07, 6.45) is 1.41. The second-order valence-electron chi connectivity index (χ2n) is 6.47. The number of rotatable bonds is 6. The van der Waals surface area contributed by atoms with Crippen LogP contribution in [0.25, 0.3) is 11.3 Å². The summed E-state index contributed by atoms with van der Waals surface area (Å²) in [5.74, 6) is 0.380. The van der Waals surface area contributed by atoms with Crippen LogP contribution in [0.1, 0.15) is 21.1 Å². The Kier molecular flexibility index (Phi) is 5.77. The smallest absolute Gasteiger partial charge is 0.291 e. The highest BCUT2D eigenvalue weighted by Crippen LogP contribution is 2.30. The number of amides is 2. The van der Waals surface area contributed by atoms with Crippen LogP contribution in [0.3, 0.4) is 0 Å². The molecule has 4 aromatic rings. The normalized spacial score (nSPS) is 10.5. The van der Waals surface area contributed by atoms with E-state index in [9.17, 15) is 9.59 Å². The fourth-order valence-corrected chi connectivity index (χ4v) is 3.02. The van der Waals surface area contributed by atoms with Crippen LogP contribution < -0.4 is 15.4 Å². The van der Waals surface area contributed by atoms with Gasteiger partial charge >= 0.3 is 0 Å².